The number of hydrogen-bond acceptors (Lipinski definition) is 4. The minimum Gasteiger partial charge on any atom is -0.492 e. The lowest BCUT2D eigenvalue weighted by atomic mass is 10.1. The molecule has 0 radical (unpaired) electrons. The average molecular weight is 226 g/mol. The van der Waals surface area contributed by atoms with Gasteiger partial charge in [0.1, 0.15) is 5.75 Å². The monoisotopic (exact) mass is 226 g/mol. The van der Waals surface area contributed by atoms with Crippen LogP contribution in [0, 0.1) is 0 Å². The predicted molar refractivity (Wildman–Crippen MR) is 65.3 cm³/mol. The van der Waals surface area contributed by atoms with Crippen molar-refractivity contribution in [2.75, 3.05) is 18.1 Å². The van der Waals surface area contributed by atoms with E-state index in [-0.39, 0.29) is 6.04 Å². The quantitative estimate of drug-likeness (QED) is 0.808. The molecule has 1 heterocycles. The summed E-state index contributed by atoms with van der Waals surface area (Å²) in [6, 6.07) is 2.01. The van der Waals surface area contributed by atoms with Gasteiger partial charge in [0, 0.05) is 18.0 Å². The van der Waals surface area contributed by atoms with Crippen molar-refractivity contribution in [3.63, 3.8) is 0 Å². The van der Waals surface area contributed by atoms with Gasteiger partial charge in [-0.05, 0) is 24.3 Å². The van der Waals surface area contributed by atoms with Gasteiger partial charge in [0.25, 0.3) is 0 Å². The molecule has 84 valence electrons. The molecule has 0 bridgehead atoms. The third-order valence-electron chi connectivity index (χ3n) is 1.97. The third-order valence-corrected chi connectivity index (χ3v) is 2.98. The van der Waals surface area contributed by atoms with Crippen LogP contribution in [-0.2, 0) is 0 Å². The number of hydrogen-bond donors (Lipinski definition) is 1. The van der Waals surface area contributed by atoms with Crippen LogP contribution in [0.4, 0.5) is 0 Å². The molecule has 0 amide bonds. The molecule has 15 heavy (non-hydrogen) atoms. The Morgan fingerprint density at radius 2 is 2.27 bits per heavy atom. The van der Waals surface area contributed by atoms with E-state index in [1.54, 1.807) is 6.20 Å². The first-order chi connectivity index (χ1) is 7.27. The summed E-state index contributed by atoms with van der Waals surface area (Å²) >= 11 is 1.84. The van der Waals surface area contributed by atoms with Crippen molar-refractivity contribution in [1.29, 1.82) is 0 Å². The van der Waals surface area contributed by atoms with Crippen molar-refractivity contribution in [1.82, 2.24) is 4.98 Å². The minimum absolute atomic E-state index is 0.0443. The Bertz CT molecular complexity index is 294. The fraction of sp³-hybridized carbons (Fsp3) is 0.545. The molecule has 0 aliphatic heterocycles. The number of pyridine rings is 1. The standard InChI is InChI=1S/C11H18N2OS/c1-3-14-10-5-9(6-13-7-10)11(12)8-15-4-2/h5-7,11H,3-4,8,12H2,1-2H3. The molecule has 4 heteroatoms. The van der Waals surface area contributed by atoms with Crippen molar-refractivity contribution >= 4 is 11.8 Å². The van der Waals surface area contributed by atoms with Crippen molar-refractivity contribution in [3.8, 4) is 5.75 Å². The zero-order valence-corrected chi connectivity index (χ0v) is 10.1. The molecule has 0 aliphatic carbocycles. The molecule has 0 saturated heterocycles. The van der Waals surface area contributed by atoms with Crippen LogP contribution >= 0.6 is 11.8 Å². The Hall–Kier alpha value is -0.740. The Morgan fingerprint density at radius 1 is 1.47 bits per heavy atom. The second-order valence-electron chi connectivity index (χ2n) is 3.15. The van der Waals surface area contributed by atoms with Gasteiger partial charge in [-0.15, -0.1) is 0 Å². The summed E-state index contributed by atoms with van der Waals surface area (Å²) in [4.78, 5) is 4.12. The molecule has 1 atom stereocenters. The highest BCUT2D eigenvalue weighted by Gasteiger charge is 2.07. The first-order valence-electron chi connectivity index (χ1n) is 5.19. The van der Waals surface area contributed by atoms with Crippen molar-refractivity contribution in [2.45, 2.75) is 19.9 Å². The highest BCUT2D eigenvalue weighted by atomic mass is 32.2. The number of rotatable bonds is 6. The molecule has 0 spiro atoms. The number of thioether (sulfide) groups is 1. The zero-order chi connectivity index (χ0) is 11.1. The lowest BCUT2D eigenvalue weighted by molar-refractivity contribution is 0.338. The molecule has 0 saturated carbocycles. The summed E-state index contributed by atoms with van der Waals surface area (Å²) in [7, 11) is 0. The van der Waals surface area contributed by atoms with Gasteiger partial charge in [0.05, 0.1) is 12.8 Å². The Labute approximate surface area is 95.4 Å². The second-order valence-corrected chi connectivity index (χ2v) is 4.47. The summed E-state index contributed by atoms with van der Waals surface area (Å²) in [6.07, 6.45) is 3.52. The van der Waals surface area contributed by atoms with Crippen LogP contribution in [0.3, 0.4) is 0 Å². The van der Waals surface area contributed by atoms with Gasteiger partial charge in [-0.3, -0.25) is 4.98 Å². The predicted octanol–water partition coefficient (Wildman–Crippen LogP) is 2.23. The zero-order valence-electron chi connectivity index (χ0n) is 9.27. The SMILES string of the molecule is CCOc1cncc(C(N)CSCC)c1. The van der Waals surface area contributed by atoms with Gasteiger partial charge < -0.3 is 10.5 Å². The van der Waals surface area contributed by atoms with Gasteiger partial charge in [-0.1, -0.05) is 6.92 Å². The fourth-order valence-electron chi connectivity index (χ4n) is 1.23. The fourth-order valence-corrected chi connectivity index (χ4v) is 1.91. The van der Waals surface area contributed by atoms with Crippen molar-refractivity contribution in [2.24, 2.45) is 5.73 Å². The molecule has 0 fully saturated rings. The third kappa shape index (κ3) is 4.10. The number of ether oxygens (including phenoxy) is 1. The smallest absolute Gasteiger partial charge is 0.137 e. The first kappa shape index (κ1) is 12.3. The van der Waals surface area contributed by atoms with Gasteiger partial charge in [-0.2, -0.15) is 11.8 Å². The molecule has 0 aromatic carbocycles. The largest absolute Gasteiger partial charge is 0.492 e. The van der Waals surface area contributed by atoms with Crippen LogP contribution in [0.5, 0.6) is 5.75 Å². The highest BCUT2D eigenvalue weighted by molar-refractivity contribution is 7.99. The first-order valence-corrected chi connectivity index (χ1v) is 6.34. The van der Waals surface area contributed by atoms with Gasteiger partial charge in [0.2, 0.25) is 0 Å². The number of nitrogens with two attached hydrogens (primary N) is 1. The van der Waals surface area contributed by atoms with Crippen LogP contribution < -0.4 is 10.5 Å². The maximum Gasteiger partial charge on any atom is 0.137 e. The topological polar surface area (TPSA) is 48.1 Å². The van der Waals surface area contributed by atoms with E-state index < -0.39 is 0 Å². The van der Waals surface area contributed by atoms with Crippen molar-refractivity contribution in [3.05, 3.63) is 24.0 Å². The second kappa shape index (κ2) is 6.69. The molecule has 1 aromatic heterocycles. The molecular weight excluding hydrogens is 208 g/mol. The molecular formula is C11H18N2OS. The Morgan fingerprint density at radius 3 is 2.93 bits per heavy atom. The lowest BCUT2D eigenvalue weighted by Gasteiger charge is -2.11. The molecule has 1 rings (SSSR count). The van der Waals surface area contributed by atoms with Gasteiger partial charge in [-0.25, -0.2) is 0 Å². The Kier molecular flexibility index (Phi) is 5.50. The van der Waals surface area contributed by atoms with E-state index in [2.05, 4.69) is 11.9 Å². The van der Waals surface area contributed by atoms with Crippen LogP contribution in [0.15, 0.2) is 18.5 Å². The molecule has 1 aromatic rings. The normalized spacial score (nSPS) is 12.5. The highest BCUT2D eigenvalue weighted by Crippen LogP contribution is 2.19. The van der Waals surface area contributed by atoms with Gasteiger partial charge >= 0.3 is 0 Å². The summed E-state index contributed by atoms with van der Waals surface area (Å²) in [5.41, 5.74) is 7.07. The van der Waals surface area contributed by atoms with Crippen LogP contribution in [0.1, 0.15) is 25.5 Å². The summed E-state index contributed by atoms with van der Waals surface area (Å²) in [5, 5.41) is 0. The van der Waals surface area contributed by atoms with E-state index in [4.69, 9.17) is 10.5 Å². The van der Waals surface area contributed by atoms with Crippen LogP contribution in [-0.4, -0.2) is 23.1 Å². The van der Waals surface area contributed by atoms with Crippen LogP contribution in [0.2, 0.25) is 0 Å². The minimum atomic E-state index is 0.0443. The molecule has 2 N–H and O–H groups in total. The molecule has 3 nitrogen and oxygen atoms in total. The average Bonchev–Trinajstić information content (AvgIpc) is 2.27. The maximum absolute atomic E-state index is 6.03. The molecule has 0 aliphatic rings. The maximum atomic E-state index is 6.03. The van der Waals surface area contributed by atoms with Gasteiger partial charge in [0.15, 0.2) is 0 Å². The van der Waals surface area contributed by atoms with E-state index in [1.165, 1.54) is 0 Å². The van der Waals surface area contributed by atoms with E-state index >= 15 is 0 Å². The summed E-state index contributed by atoms with van der Waals surface area (Å²) < 4.78 is 5.38. The number of nitrogens with zero attached hydrogens (tertiary/aromatic N) is 1. The van der Waals surface area contributed by atoms with Crippen molar-refractivity contribution < 1.29 is 4.74 Å². The molecule has 1 unspecified atom stereocenters. The lowest BCUT2D eigenvalue weighted by Crippen LogP contribution is -2.13. The van der Waals surface area contributed by atoms with Crippen LogP contribution in [0.25, 0.3) is 0 Å². The summed E-state index contributed by atoms with van der Waals surface area (Å²) in [6.45, 7) is 4.75. The van der Waals surface area contributed by atoms with E-state index in [9.17, 15) is 0 Å². The Balaban J connectivity index is 2.62. The number of aromatic nitrogens is 1. The van der Waals surface area contributed by atoms with E-state index in [1.807, 2.05) is 30.9 Å². The summed E-state index contributed by atoms with van der Waals surface area (Å²) in [5.74, 6) is 2.81. The van der Waals surface area contributed by atoms with E-state index in [0.717, 1.165) is 22.8 Å². The van der Waals surface area contributed by atoms with E-state index in [0.29, 0.717) is 6.61 Å².